The molecule has 4 nitrogen and oxygen atoms in total. The average molecular weight is 360 g/mol. The number of ketones is 1. The molecule has 1 amide bonds. The van der Waals surface area contributed by atoms with E-state index in [1.54, 1.807) is 6.08 Å². The summed E-state index contributed by atoms with van der Waals surface area (Å²) in [5.41, 5.74) is 1.04. The molecule has 3 saturated carbocycles. The summed E-state index contributed by atoms with van der Waals surface area (Å²) in [6, 6.07) is 0. The number of fused-ring (bicyclic) bond motifs is 5. The van der Waals surface area contributed by atoms with Gasteiger partial charge in [0.25, 0.3) is 0 Å². The third-order valence-corrected chi connectivity index (χ3v) is 8.02. The molecule has 4 rings (SSSR count). The third kappa shape index (κ3) is 2.59. The minimum absolute atomic E-state index is 0.0150. The highest BCUT2D eigenvalue weighted by Crippen LogP contribution is 2.64. The van der Waals surface area contributed by atoms with Gasteiger partial charge in [0.2, 0.25) is 5.91 Å². The molecule has 0 aromatic rings. The Morgan fingerprint density at radius 3 is 2.69 bits per heavy atom. The van der Waals surface area contributed by atoms with Gasteiger partial charge in [0, 0.05) is 35.8 Å². The van der Waals surface area contributed by atoms with Gasteiger partial charge in [-0.25, -0.2) is 0 Å². The minimum Gasteiger partial charge on any atom is -0.375 e. The molecule has 0 unspecified atom stereocenters. The van der Waals surface area contributed by atoms with Crippen LogP contribution in [-0.4, -0.2) is 30.4 Å². The molecule has 0 aromatic heterocycles. The number of nitrogens with one attached hydrogen (secondary N) is 1. The van der Waals surface area contributed by atoms with Crippen LogP contribution in [0.4, 0.5) is 0 Å². The fourth-order valence-corrected chi connectivity index (χ4v) is 6.90. The molecular weight excluding hydrogens is 326 g/mol. The van der Waals surface area contributed by atoms with Crippen molar-refractivity contribution in [3.8, 4) is 0 Å². The summed E-state index contributed by atoms with van der Waals surface area (Å²) in [4.78, 5) is 25.5. The van der Waals surface area contributed by atoms with Crippen LogP contribution >= 0.6 is 0 Å². The monoisotopic (exact) mass is 359 g/mol. The van der Waals surface area contributed by atoms with E-state index in [2.05, 4.69) is 33.0 Å². The maximum Gasteiger partial charge on any atom is 0.243 e. The summed E-state index contributed by atoms with van der Waals surface area (Å²) in [5, 5.41) is 2.97. The fourth-order valence-electron chi connectivity index (χ4n) is 6.90. The first-order chi connectivity index (χ1) is 12.3. The van der Waals surface area contributed by atoms with E-state index in [0.717, 1.165) is 25.7 Å². The zero-order chi connectivity index (χ0) is 18.7. The number of rotatable bonds is 2. The van der Waals surface area contributed by atoms with E-state index >= 15 is 0 Å². The molecule has 144 valence electrons. The maximum atomic E-state index is 13.5. The van der Waals surface area contributed by atoms with E-state index in [-0.39, 0.29) is 34.9 Å². The van der Waals surface area contributed by atoms with Gasteiger partial charge in [0.05, 0.1) is 12.2 Å². The molecule has 0 bridgehead atoms. The second-order valence-corrected chi connectivity index (χ2v) is 9.81. The predicted octanol–water partition coefficient (Wildman–Crippen LogP) is 3.65. The molecule has 0 radical (unpaired) electrons. The SMILES string of the molecule is CC(C)O[C@H]1CC[C@H]2[C@@H]3CCC4=CC(=O)NCC[C@]4(C)[C@H]3C(=O)C[C@]12C. The van der Waals surface area contributed by atoms with Crippen LogP contribution in [0.1, 0.15) is 66.2 Å². The molecule has 4 aliphatic rings. The van der Waals surface area contributed by atoms with Crippen LogP contribution in [0.2, 0.25) is 0 Å². The summed E-state index contributed by atoms with van der Waals surface area (Å²) in [6.07, 6.45) is 7.99. The highest BCUT2D eigenvalue weighted by atomic mass is 16.5. The van der Waals surface area contributed by atoms with Gasteiger partial charge in [-0.05, 0) is 57.8 Å². The average Bonchev–Trinajstić information content (AvgIpc) is 2.76. The molecule has 0 aromatic carbocycles. The second-order valence-electron chi connectivity index (χ2n) is 9.81. The number of allylic oxidation sites excluding steroid dienone is 1. The Hall–Kier alpha value is -1.16. The number of ether oxygens (including phenoxy) is 1. The lowest BCUT2D eigenvalue weighted by molar-refractivity contribution is -0.152. The molecule has 0 saturated heterocycles. The van der Waals surface area contributed by atoms with Gasteiger partial charge in [-0.15, -0.1) is 0 Å². The van der Waals surface area contributed by atoms with Crippen LogP contribution in [0.15, 0.2) is 11.6 Å². The Balaban J connectivity index is 1.68. The molecule has 1 N–H and O–H groups in total. The fraction of sp³-hybridized carbons (Fsp3) is 0.818. The standard InChI is InChI=1S/C22H33NO3/c1-13(2)26-18-8-7-16-15-6-5-14-11-19(25)23-10-9-21(14,3)20(15)17(24)12-22(16,18)4/h11,13,15-16,18,20H,5-10,12H2,1-4H3,(H,23,25)/t15-,16-,18-,20+,21-,22-/m0/s1. The van der Waals surface area contributed by atoms with Gasteiger partial charge in [-0.3, -0.25) is 9.59 Å². The van der Waals surface area contributed by atoms with Crippen LogP contribution in [0.5, 0.6) is 0 Å². The molecule has 3 fully saturated rings. The third-order valence-electron chi connectivity index (χ3n) is 8.02. The van der Waals surface area contributed by atoms with Crippen molar-refractivity contribution in [3.63, 3.8) is 0 Å². The van der Waals surface area contributed by atoms with Gasteiger partial charge >= 0.3 is 0 Å². The zero-order valence-electron chi connectivity index (χ0n) is 16.6. The highest BCUT2D eigenvalue weighted by Gasteiger charge is 2.62. The smallest absolute Gasteiger partial charge is 0.243 e. The molecule has 26 heavy (non-hydrogen) atoms. The number of hydrogen-bond donors (Lipinski definition) is 1. The lowest BCUT2D eigenvalue weighted by atomic mass is 9.48. The number of carbonyl (C=O) groups is 2. The summed E-state index contributed by atoms with van der Waals surface area (Å²) < 4.78 is 6.26. The number of hydrogen-bond acceptors (Lipinski definition) is 3. The number of amides is 1. The van der Waals surface area contributed by atoms with Gasteiger partial charge in [0.1, 0.15) is 5.78 Å². The van der Waals surface area contributed by atoms with Gasteiger partial charge < -0.3 is 10.1 Å². The van der Waals surface area contributed by atoms with E-state index in [1.807, 2.05) is 0 Å². The minimum atomic E-state index is -0.155. The van der Waals surface area contributed by atoms with Crippen molar-refractivity contribution in [2.24, 2.45) is 28.6 Å². The summed E-state index contributed by atoms with van der Waals surface area (Å²) in [7, 11) is 0. The zero-order valence-corrected chi connectivity index (χ0v) is 16.6. The molecule has 1 heterocycles. The molecule has 6 atom stereocenters. The Kier molecular flexibility index (Phi) is 4.33. The Labute approximate surface area is 157 Å². The van der Waals surface area contributed by atoms with Gasteiger partial charge in [-0.1, -0.05) is 19.4 Å². The van der Waals surface area contributed by atoms with Crippen molar-refractivity contribution in [3.05, 3.63) is 11.6 Å². The summed E-state index contributed by atoms with van der Waals surface area (Å²) >= 11 is 0. The van der Waals surface area contributed by atoms with Crippen LogP contribution in [0.3, 0.4) is 0 Å². The highest BCUT2D eigenvalue weighted by molar-refractivity contribution is 5.90. The number of carbonyl (C=O) groups excluding carboxylic acids is 2. The van der Waals surface area contributed by atoms with E-state index in [9.17, 15) is 9.59 Å². The lowest BCUT2D eigenvalue weighted by Gasteiger charge is -2.56. The van der Waals surface area contributed by atoms with Crippen LogP contribution < -0.4 is 5.32 Å². The van der Waals surface area contributed by atoms with Crippen LogP contribution in [0, 0.1) is 28.6 Å². The predicted molar refractivity (Wildman–Crippen MR) is 100 cm³/mol. The lowest BCUT2D eigenvalue weighted by Crippen LogP contribution is -2.55. The van der Waals surface area contributed by atoms with Gasteiger partial charge in [-0.2, -0.15) is 0 Å². The van der Waals surface area contributed by atoms with Crippen molar-refractivity contribution in [2.45, 2.75) is 78.4 Å². The van der Waals surface area contributed by atoms with Crippen molar-refractivity contribution in [1.82, 2.24) is 5.32 Å². The normalized spacial score (nSPS) is 45.3. The second kappa shape index (κ2) is 6.19. The van der Waals surface area contributed by atoms with Crippen LogP contribution in [0.25, 0.3) is 0 Å². The van der Waals surface area contributed by atoms with Crippen LogP contribution in [-0.2, 0) is 14.3 Å². The summed E-state index contributed by atoms with van der Waals surface area (Å²) in [6.45, 7) is 9.41. The molecule has 4 heteroatoms. The van der Waals surface area contributed by atoms with Gasteiger partial charge in [0.15, 0.2) is 0 Å². The van der Waals surface area contributed by atoms with Crippen molar-refractivity contribution >= 4 is 11.7 Å². The molecule has 0 spiro atoms. The Morgan fingerprint density at radius 2 is 1.96 bits per heavy atom. The molecule has 3 aliphatic carbocycles. The van der Waals surface area contributed by atoms with Crippen molar-refractivity contribution in [2.75, 3.05) is 6.54 Å². The first-order valence-electron chi connectivity index (χ1n) is 10.4. The maximum absolute atomic E-state index is 13.5. The van der Waals surface area contributed by atoms with E-state index in [4.69, 9.17) is 4.74 Å². The Bertz CT molecular complexity index is 654. The summed E-state index contributed by atoms with van der Waals surface area (Å²) in [5.74, 6) is 1.51. The topological polar surface area (TPSA) is 55.4 Å². The molecular formula is C22H33NO3. The van der Waals surface area contributed by atoms with E-state index in [0.29, 0.717) is 30.6 Å². The largest absolute Gasteiger partial charge is 0.375 e. The number of Topliss-reactive ketones (excluding diaryl/α,β-unsaturated/α-hetero) is 1. The van der Waals surface area contributed by atoms with E-state index in [1.165, 1.54) is 12.0 Å². The van der Waals surface area contributed by atoms with E-state index < -0.39 is 0 Å². The molecule has 1 aliphatic heterocycles. The van der Waals surface area contributed by atoms with Crippen molar-refractivity contribution in [1.29, 1.82) is 0 Å². The quantitative estimate of drug-likeness (QED) is 0.819. The van der Waals surface area contributed by atoms with Crippen molar-refractivity contribution < 1.29 is 14.3 Å². The first kappa shape index (κ1) is 18.2. The first-order valence-corrected chi connectivity index (χ1v) is 10.4. The Morgan fingerprint density at radius 1 is 1.19 bits per heavy atom.